The number of aliphatic hydroxyl groups is 1. The SMILES string of the molecule is CCN(CC)C(=O)c1cc(NC2(CO)CCC2)ccn1. The minimum atomic E-state index is -0.211. The molecule has 1 aliphatic carbocycles. The van der Waals surface area contributed by atoms with Gasteiger partial charge in [0, 0.05) is 25.0 Å². The standard InChI is InChI=1S/C15H23N3O2/c1-3-18(4-2)14(20)13-10-12(6-9-16-13)17-15(11-19)7-5-8-15/h6,9-10,19H,3-5,7-8,11H2,1-2H3,(H,16,17). The van der Waals surface area contributed by atoms with Crippen molar-refractivity contribution in [2.24, 2.45) is 0 Å². The van der Waals surface area contributed by atoms with Gasteiger partial charge in [0.25, 0.3) is 5.91 Å². The summed E-state index contributed by atoms with van der Waals surface area (Å²) in [5, 5.41) is 12.8. The van der Waals surface area contributed by atoms with Crippen LogP contribution in [0.15, 0.2) is 18.3 Å². The number of pyridine rings is 1. The highest BCUT2D eigenvalue weighted by atomic mass is 16.3. The quantitative estimate of drug-likeness (QED) is 0.833. The molecule has 20 heavy (non-hydrogen) atoms. The van der Waals surface area contributed by atoms with E-state index in [-0.39, 0.29) is 18.1 Å². The Labute approximate surface area is 120 Å². The first-order valence-electron chi connectivity index (χ1n) is 7.28. The fourth-order valence-electron chi connectivity index (χ4n) is 2.53. The average molecular weight is 277 g/mol. The lowest BCUT2D eigenvalue weighted by Crippen LogP contribution is -2.48. The van der Waals surface area contributed by atoms with Gasteiger partial charge in [0.05, 0.1) is 12.1 Å². The van der Waals surface area contributed by atoms with E-state index in [0.29, 0.717) is 18.8 Å². The Morgan fingerprint density at radius 3 is 2.65 bits per heavy atom. The molecule has 0 aliphatic heterocycles. The first-order chi connectivity index (χ1) is 9.64. The molecule has 5 heteroatoms. The van der Waals surface area contributed by atoms with Gasteiger partial charge < -0.3 is 15.3 Å². The molecular weight excluding hydrogens is 254 g/mol. The number of rotatable bonds is 6. The molecule has 1 aromatic rings. The molecule has 0 atom stereocenters. The summed E-state index contributed by atoms with van der Waals surface area (Å²) >= 11 is 0. The molecule has 0 spiro atoms. The summed E-state index contributed by atoms with van der Waals surface area (Å²) in [6, 6.07) is 3.62. The first kappa shape index (κ1) is 14.8. The number of anilines is 1. The van der Waals surface area contributed by atoms with Crippen LogP contribution in [0.3, 0.4) is 0 Å². The zero-order valence-corrected chi connectivity index (χ0v) is 12.2. The highest BCUT2D eigenvalue weighted by molar-refractivity contribution is 5.93. The molecule has 0 unspecified atom stereocenters. The van der Waals surface area contributed by atoms with Gasteiger partial charge in [-0.05, 0) is 45.2 Å². The largest absolute Gasteiger partial charge is 0.394 e. The van der Waals surface area contributed by atoms with Crippen molar-refractivity contribution in [3.63, 3.8) is 0 Å². The van der Waals surface area contributed by atoms with Gasteiger partial charge in [-0.2, -0.15) is 0 Å². The smallest absolute Gasteiger partial charge is 0.272 e. The molecule has 0 aromatic carbocycles. The Morgan fingerprint density at radius 1 is 1.45 bits per heavy atom. The minimum Gasteiger partial charge on any atom is -0.394 e. The molecule has 0 saturated heterocycles. The zero-order valence-electron chi connectivity index (χ0n) is 12.2. The summed E-state index contributed by atoms with van der Waals surface area (Å²) in [4.78, 5) is 18.2. The Kier molecular flexibility index (Phi) is 4.60. The van der Waals surface area contributed by atoms with Gasteiger partial charge in [-0.1, -0.05) is 0 Å². The van der Waals surface area contributed by atoms with Crippen molar-refractivity contribution >= 4 is 11.6 Å². The van der Waals surface area contributed by atoms with E-state index in [0.717, 1.165) is 24.9 Å². The number of hydrogen-bond donors (Lipinski definition) is 2. The van der Waals surface area contributed by atoms with Crippen molar-refractivity contribution in [1.82, 2.24) is 9.88 Å². The molecule has 1 saturated carbocycles. The van der Waals surface area contributed by atoms with Crippen LogP contribution >= 0.6 is 0 Å². The van der Waals surface area contributed by atoms with Crippen LogP contribution in [0, 0.1) is 0 Å². The normalized spacial score (nSPS) is 16.4. The molecule has 5 nitrogen and oxygen atoms in total. The van der Waals surface area contributed by atoms with Crippen molar-refractivity contribution in [3.8, 4) is 0 Å². The predicted molar refractivity (Wildman–Crippen MR) is 78.8 cm³/mol. The molecule has 0 bridgehead atoms. The Hall–Kier alpha value is -1.62. The molecule has 1 fully saturated rings. The van der Waals surface area contributed by atoms with Gasteiger partial charge in [0.2, 0.25) is 0 Å². The number of nitrogens with one attached hydrogen (secondary N) is 1. The summed E-state index contributed by atoms with van der Waals surface area (Å²) in [7, 11) is 0. The van der Waals surface area contributed by atoms with E-state index in [1.165, 1.54) is 0 Å². The summed E-state index contributed by atoms with van der Waals surface area (Å²) in [6.45, 7) is 5.39. The van der Waals surface area contributed by atoms with Gasteiger partial charge in [-0.15, -0.1) is 0 Å². The van der Waals surface area contributed by atoms with E-state index < -0.39 is 0 Å². The van der Waals surface area contributed by atoms with Gasteiger partial charge in [-0.3, -0.25) is 9.78 Å². The monoisotopic (exact) mass is 277 g/mol. The van der Waals surface area contributed by atoms with Crippen LogP contribution in [0.4, 0.5) is 5.69 Å². The predicted octanol–water partition coefficient (Wildman–Crippen LogP) is 1.89. The number of amides is 1. The summed E-state index contributed by atoms with van der Waals surface area (Å²) in [5.74, 6) is -0.0506. The maximum atomic E-state index is 12.3. The van der Waals surface area contributed by atoms with Crippen LogP contribution in [0.2, 0.25) is 0 Å². The fraction of sp³-hybridized carbons (Fsp3) is 0.600. The maximum absolute atomic E-state index is 12.3. The second-order valence-electron chi connectivity index (χ2n) is 5.32. The van der Waals surface area contributed by atoms with E-state index in [4.69, 9.17) is 0 Å². The molecule has 110 valence electrons. The van der Waals surface area contributed by atoms with Gasteiger partial charge >= 0.3 is 0 Å². The lowest BCUT2D eigenvalue weighted by Gasteiger charge is -2.41. The third-order valence-corrected chi connectivity index (χ3v) is 4.05. The van der Waals surface area contributed by atoms with E-state index in [2.05, 4.69) is 10.3 Å². The van der Waals surface area contributed by atoms with Crippen LogP contribution in [0.5, 0.6) is 0 Å². The molecule has 0 radical (unpaired) electrons. The molecule has 2 N–H and O–H groups in total. The van der Waals surface area contributed by atoms with E-state index in [1.54, 1.807) is 17.2 Å². The summed E-state index contributed by atoms with van der Waals surface area (Å²) in [5.41, 5.74) is 1.09. The second-order valence-corrected chi connectivity index (χ2v) is 5.32. The van der Waals surface area contributed by atoms with Crippen LogP contribution in [0.1, 0.15) is 43.6 Å². The summed E-state index contributed by atoms with van der Waals surface area (Å²) < 4.78 is 0. The van der Waals surface area contributed by atoms with Crippen LogP contribution in [-0.4, -0.2) is 46.1 Å². The zero-order chi connectivity index (χ0) is 14.6. The van der Waals surface area contributed by atoms with E-state index in [1.807, 2.05) is 19.9 Å². The number of nitrogens with zero attached hydrogens (tertiary/aromatic N) is 2. The van der Waals surface area contributed by atoms with Crippen LogP contribution in [-0.2, 0) is 0 Å². The van der Waals surface area contributed by atoms with Crippen molar-refractivity contribution in [2.75, 3.05) is 25.0 Å². The number of aromatic nitrogens is 1. The number of carbonyl (C=O) groups is 1. The molecule has 1 amide bonds. The Morgan fingerprint density at radius 2 is 2.15 bits per heavy atom. The van der Waals surface area contributed by atoms with E-state index in [9.17, 15) is 9.90 Å². The lowest BCUT2D eigenvalue weighted by molar-refractivity contribution is 0.0767. The van der Waals surface area contributed by atoms with Crippen molar-refractivity contribution in [3.05, 3.63) is 24.0 Å². The van der Waals surface area contributed by atoms with Gasteiger partial charge in [0.15, 0.2) is 0 Å². The molecule has 1 aliphatic rings. The number of aliphatic hydroxyl groups excluding tert-OH is 1. The molecule has 1 aromatic heterocycles. The van der Waals surface area contributed by atoms with Crippen LogP contribution in [0.25, 0.3) is 0 Å². The van der Waals surface area contributed by atoms with Crippen molar-refractivity contribution < 1.29 is 9.90 Å². The third kappa shape index (κ3) is 2.93. The molecule has 1 heterocycles. The van der Waals surface area contributed by atoms with Gasteiger partial charge in [0.1, 0.15) is 5.69 Å². The minimum absolute atomic E-state index is 0.0506. The highest BCUT2D eigenvalue weighted by Crippen LogP contribution is 2.34. The Bertz CT molecular complexity index is 462. The Balaban J connectivity index is 2.13. The number of carbonyl (C=O) groups excluding carboxylic acids is 1. The van der Waals surface area contributed by atoms with E-state index >= 15 is 0 Å². The van der Waals surface area contributed by atoms with Crippen molar-refractivity contribution in [2.45, 2.75) is 38.6 Å². The highest BCUT2D eigenvalue weighted by Gasteiger charge is 2.36. The average Bonchev–Trinajstić information content (AvgIpc) is 2.44. The van der Waals surface area contributed by atoms with Crippen molar-refractivity contribution in [1.29, 1.82) is 0 Å². The van der Waals surface area contributed by atoms with Gasteiger partial charge in [-0.25, -0.2) is 0 Å². The first-order valence-corrected chi connectivity index (χ1v) is 7.28. The third-order valence-electron chi connectivity index (χ3n) is 4.05. The second kappa shape index (κ2) is 6.22. The number of hydrogen-bond acceptors (Lipinski definition) is 4. The van der Waals surface area contributed by atoms with Crippen LogP contribution < -0.4 is 5.32 Å². The maximum Gasteiger partial charge on any atom is 0.272 e. The summed E-state index contributed by atoms with van der Waals surface area (Å²) in [6.07, 6.45) is 4.70. The fourth-order valence-corrected chi connectivity index (χ4v) is 2.53. The lowest BCUT2D eigenvalue weighted by atomic mass is 9.77. The topological polar surface area (TPSA) is 65.5 Å². The molecular formula is C15H23N3O2. The molecule has 2 rings (SSSR count).